The molecule has 0 aromatic rings. The van der Waals surface area contributed by atoms with E-state index in [1.807, 2.05) is 0 Å². The van der Waals surface area contributed by atoms with Crippen molar-refractivity contribution in [3.8, 4) is 0 Å². The van der Waals surface area contributed by atoms with Crippen LogP contribution in [-0.2, 0) is 9.53 Å². The molecule has 0 aliphatic carbocycles. The molecule has 0 aromatic carbocycles. The van der Waals surface area contributed by atoms with Gasteiger partial charge in [0, 0.05) is 0 Å². The molecule has 76 valence electrons. The summed E-state index contributed by atoms with van der Waals surface area (Å²) in [6.45, 7) is 5.78. The first kappa shape index (κ1) is 12.7. The van der Waals surface area contributed by atoms with E-state index >= 15 is 0 Å². The summed E-state index contributed by atoms with van der Waals surface area (Å²) in [4.78, 5) is 10.9. The van der Waals surface area contributed by atoms with E-state index in [1.165, 1.54) is 12.8 Å². The molecule has 0 heterocycles. The second kappa shape index (κ2) is 8.30. The molecule has 0 spiro atoms. The fraction of sp³-hybridized carbons (Fsp3) is 0.700. The maximum atomic E-state index is 10.9. The lowest BCUT2D eigenvalue weighted by Crippen LogP contribution is -2.16. The van der Waals surface area contributed by atoms with Crippen molar-refractivity contribution in [1.82, 2.24) is 0 Å². The van der Waals surface area contributed by atoms with Crippen LogP contribution in [0.2, 0.25) is 0 Å². The van der Waals surface area contributed by atoms with E-state index in [1.54, 1.807) is 6.08 Å². The molecule has 3 heteroatoms. The summed E-state index contributed by atoms with van der Waals surface area (Å²) in [5, 5.41) is 0.255. The van der Waals surface area contributed by atoms with E-state index in [-0.39, 0.29) is 17.4 Å². The minimum Gasteiger partial charge on any atom is -0.458 e. The van der Waals surface area contributed by atoms with E-state index < -0.39 is 0 Å². The number of esters is 1. The first-order valence-electron chi connectivity index (χ1n) is 4.62. The Bertz CT molecular complexity index is 157. The largest absolute Gasteiger partial charge is 0.458 e. The Labute approximate surface area is 88.5 Å². The van der Waals surface area contributed by atoms with Crippen molar-refractivity contribution in [2.45, 2.75) is 38.7 Å². The summed E-state index contributed by atoms with van der Waals surface area (Å²) in [5.41, 5.74) is 0. The smallest absolute Gasteiger partial charge is 0.317 e. The van der Waals surface area contributed by atoms with E-state index in [4.69, 9.17) is 4.74 Å². The van der Waals surface area contributed by atoms with Gasteiger partial charge in [0.05, 0.1) is 0 Å². The Morgan fingerprint density at radius 1 is 1.62 bits per heavy atom. The van der Waals surface area contributed by atoms with Crippen LogP contribution in [0.5, 0.6) is 0 Å². The molecule has 0 rings (SSSR count). The van der Waals surface area contributed by atoms with Gasteiger partial charge in [0.25, 0.3) is 0 Å². The lowest BCUT2D eigenvalue weighted by molar-refractivity contribution is -0.143. The summed E-state index contributed by atoms with van der Waals surface area (Å²) >= 11 is 3.05. The van der Waals surface area contributed by atoms with Crippen LogP contribution in [0.3, 0.4) is 0 Å². The first-order valence-corrected chi connectivity index (χ1v) is 5.74. The van der Waals surface area contributed by atoms with Crippen molar-refractivity contribution in [2.75, 3.05) is 5.33 Å². The van der Waals surface area contributed by atoms with Crippen molar-refractivity contribution in [3.63, 3.8) is 0 Å². The van der Waals surface area contributed by atoms with Gasteiger partial charge >= 0.3 is 5.97 Å². The van der Waals surface area contributed by atoms with Gasteiger partial charge in [-0.2, -0.15) is 0 Å². The zero-order valence-electron chi connectivity index (χ0n) is 8.09. The molecule has 0 radical (unpaired) electrons. The van der Waals surface area contributed by atoms with Gasteiger partial charge in [0.1, 0.15) is 11.4 Å². The fourth-order valence-electron chi connectivity index (χ4n) is 1.02. The summed E-state index contributed by atoms with van der Waals surface area (Å²) in [7, 11) is 0. The van der Waals surface area contributed by atoms with Crippen LogP contribution in [0.4, 0.5) is 0 Å². The van der Waals surface area contributed by atoms with Crippen LogP contribution in [-0.4, -0.2) is 17.4 Å². The van der Waals surface area contributed by atoms with Crippen LogP contribution in [0.15, 0.2) is 12.7 Å². The summed E-state index contributed by atoms with van der Waals surface area (Å²) in [5.74, 6) is -0.221. The van der Waals surface area contributed by atoms with Crippen LogP contribution in [0.25, 0.3) is 0 Å². The molecule has 1 atom stereocenters. The normalized spacial score (nSPS) is 12.2. The molecule has 0 fully saturated rings. The Hall–Kier alpha value is -0.310. The van der Waals surface area contributed by atoms with Gasteiger partial charge < -0.3 is 4.74 Å². The third-order valence-electron chi connectivity index (χ3n) is 1.75. The van der Waals surface area contributed by atoms with E-state index in [9.17, 15) is 4.79 Å². The second-order valence-electron chi connectivity index (χ2n) is 2.89. The van der Waals surface area contributed by atoms with Crippen molar-refractivity contribution in [3.05, 3.63) is 12.7 Å². The van der Waals surface area contributed by atoms with Crippen LogP contribution >= 0.6 is 15.9 Å². The van der Waals surface area contributed by atoms with Gasteiger partial charge in [0.15, 0.2) is 0 Å². The monoisotopic (exact) mass is 248 g/mol. The molecule has 0 saturated heterocycles. The minimum absolute atomic E-state index is 0.114. The van der Waals surface area contributed by atoms with Gasteiger partial charge in [-0.05, 0) is 12.8 Å². The van der Waals surface area contributed by atoms with Crippen molar-refractivity contribution >= 4 is 21.9 Å². The maximum absolute atomic E-state index is 10.9. The Balaban J connectivity index is 3.62. The summed E-state index contributed by atoms with van der Waals surface area (Å²) < 4.78 is 5.09. The first-order chi connectivity index (χ1) is 6.24. The van der Waals surface area contributed by atoms with Crippen molar-refractivity contribution in [1.29, 1.82) is 0 Å². The molecule has 13 heavy (non-hydrogen) atoms. The molecule has 0 aromatic heterocycles. The Kier molecular flexibility index (Phi) is 8.10. The third kappa shape index (κ3) is 6.82. The van der Waals surface area contributed by atoms with Crippen LogP contribution in [0, 0.1) is 0 Å². The molecule has 0 saturated carbocycles. The van der Waals surface area contributed by atoms with Gasteiger partial charge in [-0.25, -0.2) is 0 Å². The molecule has 0 aliphatic rings. The number of rotatable bonds is 7. The van der Waals surface area contributed by atoms with Gasteiger partial charge in [-0.3, -0.25) is 4.79 Å². The molecular formula is C10H17BrO2. The van der Waals surface area contributed by atoms with E-state index in [0.29, 0.717) is 0 Å². The Morgan fingerprint density at radius 3 is 2.77 bits per heavy atom. The van der Waals surface area contributed by atoms with Crippen molar-refractivity contribution in [2.24, 2.45) is 0 Å². The standard InChI is InChI=1S/C10H17BrO2/c1-3-5-6-7-9(4-2)13-10(12)8-11/h4,9H,2-3,5-8H2,1H3. The highest BCUT2D eigenvalue weighted by Gasteiger charge is 2.08. The highest BCUT2D eigenvalue weighted by atomic mass is 79.9. The molecule has 0 bridgehead atoms. The molecule has 0 amide bonds. The summed E-state index contributed by atoms with van der Waals surface area (Å²) in [6.07, 6.45) is 5.90. The molecule has 1 unspecified atom stereocenters. The number of ether oxygens (including phenoxy) is 1. The lowest BCUT2D eigenvalue weighted by atomic mass is 10.1. The summed E-state index contributed by atoms with van der Waals surface area (Å²) in [6, 6.07) is 0. The second-order valence-corrected chi connectivity index (χ2v) is 3.45. The lowest BCUT2D eigenvalue weighted by Gasteiger charge is -2.12. The number of alkyl halides is 1. The SMILES string of the molecule is C=CC(CCCCC)OC(=O)CBr. The molecule has 0 N–H and O–H groups in total. The zero-order valence-corrected chi connectivity index (χ0v) is 9.68. The number of hydrogen-bond donors (Lipinski definition) is 0. The van der Waals surface area contributed by atoms with Gasteiger partial charge in [-0.1, -0.05) is 48.4 Å². The number of hydrogen-bond acceptors (Lipinski definition) is 2. The van der Waals surface area contributed by atoms with Gasteiger partial charge in [0.2, 0.25) is 0 Å². The predicted octanol–water partition coefficient (Wildman–Crippen LogP) is 3.06. The average Bonchev–Trinajstić information content (AvgIpc) is 2.16. The highest BCUT2D eigenvalue weighted by Crippen LogP contribution is 2.08. The Morgan fingerprint density at radius 2 is 2.31 bits per heavy atom. The quantitative estimate of drug-likeness (QED) is 0.300. The number of carbonyl (C=O) groups is 1. The maximum Gasteiger partial charge on any atom is 0.317 e. The molecular weight excluding hydrogens is 232 g/mol. The fourth-order valence-corrected chi connectivity index (χ4v) is 1.15. The van der Waals surface area contributed by atoms with Crippen LogP contribution in [0.1, 0.15) is 32.6 Å². The third-order valence-corrected chi connectivity index (χ3v) is 2.20. The van der Waals surface area contributed by atoms with Gasteiger partial charge in [-0.15, -0.1) is 0 Å². The van der Waals surface area contributed by atoms with Crippen molar-refractivity contribution < 1.29 is 9.53 Å². The molecule has 2 nitrogen and oxygen atoms in total. The van der Waals surface area contributed by atoms with Crippen LogP contribution < -0.4 is 0 Å². The number of halogens is 1. The predicted molar refractivity (Wildman–Crippen MR) is 58.0 cm³/mol. The number of unbranched alkanes of at least 4 members (excludes halogenated alkanes) is 2. The van der Waals surface area contributed by atoms with E-state index in [0.717, 1.165) is 12.8 Å². The van der Waals surface area contributed by atoms with E-state index in [2.05, 4.69) is 29.4 Å². The highest BCUT2D eigenvalue weighted by molar-refractivity contribution is 9.09. The minimum atomic E-state index is -0.221. The zero-order chi connectivity index (χ0) is 10.1. The number of carbonyl (C=O) groups excluding carboxylic acids is 1. The topological polar surface area (TPSA) is 26.3 Å². The molecule has 0 aliphatic heterocycles. The average molecular weight is 249 g/mol.